The minimum absolute atomic E-state index is 0.232. The van der Waals surface area contributed by atoms with Crippen LogP contribution in [0.15, 0.2) is 24.3 Å². The summed E-state index contributed by atoms with van der Waals surface area (Å²) in [4.78, 5) is 0. The van der Waals surface area contributed by atoms with E-state index >= 15 is 0 Å². The molecule has 0 fully saturated rings. The molecule has 0 heterocycles. The van der Waals surface area contributed by atoms with E-state index in [0.717, 1.165) is 5.56 Å². The first kappa shape index (κ1) is 9.03. The molecule has 3 N–H and O–H groups in total. The van der Waals surface area contributed by atoms with Crippen LogP contribution in [0.1, 0.15) is 5.56 Å². The maximum Gasteiger partial charge on any atom is 0.115 e. The summed E-state index contributed by atoms with van der Waals surface area (Å²) < 4.78 is 0. The highest BCUT2D eigenvalue weighted by molar-refractivity contribution is 5.27. The first-order valence-electron chi connectivity index (χ1n) is 3.85. The number of hydrogen-bond donors (Lipinski definition) is 3. The average Bonchev–Trinajstić information content (AvgIpc) is 2.04. The van der Waals surface area contributed by atoms with Gasteiger partial charge in [0.2, 0.25) is 0 Å². The largest absolute Gasteiger partial charge is 0.508 e. The number of hydrogen-bond acceptors (Lipinski definition) is 3. The molecule has 0 aliphatic heterocycles. The summed E-state index contributed by atoms with van der Waals surface area (Å²) in [6.45, 7) is 0. The molecule has 1 aromatic rings. The Morgan fingerprint density at radius 3 is 2.83 bits per heavy atom. The van der Waals surface area contributed by atoms with Gasteiger partial charge in [-0.25, -0.2) is 0 Å². The van der Waals surface area contributed by atoms with Gasteiger partial charge in [-0.2, -0.15) is 0 Å². The van der Waals surface area contributed by atoms with Crippen LogP contribution >= 0.6 is 0 Å². The lowest BCUT2D eigenvalue weighted by atomic mass is 10.1. The Balaban J connectivity index is 2.63. The number of nitrogens with one attached hydrogen (secondary N) is 1. The maximum atomic E-state index is 9.21. The van der Waals surface area contributed by atoms with E-state index in [2.05, 4.69) is 5.32 Å². The Hall–Kier alpha value is -1.06. The van der Waals surface area contributed by atoms with Crippen LogP contribution < -0.4 is 5.32 Å². The van der Waals surface area contributed by atoms with Gasteiger partial charge < -0.3 is 10.2 Å². The number of aliphatic hydroxyl groups is 1. The summed E-state index contributed by atoms with van der Waals surface area (Å²) in [5.41, 5.74) is 0.914. The van der Waals surface area contributed by atoms with Crippen LogP contribution in [0.2, 0.25) is 0 Å². The van der Waals surface area contributed by atoms with E-state index in [1.54, 1.807) is 25.2 Å². The Labute approximate surface area is 71.7 Å². The highest BCUT2D eigenvalue weighted by atomic mass is 16.3. The van der Waals surface area contributed by atoms with Crippen molar-refractivity contribution in [2.24, 2.45) is 0 Å². The summed E-state index contributed by atoms with van der Waals surface area (Å²) >= 11 is 0. The van der Waals surface area contributed by atoms with E-state index in [0.29, 0.717) is 6.42 Å². The zero-order valence-electron chi connectivity index (χ0n) is 6.99. The van der Waals surface area contributed by atoms with Gasteiger partial charge in [-0.05, 0) is 24.7 Å². The molecule has 1 rings (SSSR count). The van der Waals surface area contributed by atoms with Crippen molar-refractivity contribution in [3.63, 3.8) is 0 Å². The molecule has 0 amide bonds. The fourth-order valence-corrected chi connectivity index (χ4v) is 1.01. The number of aromatic hydroxyl groups is 1. The molecule has 0 spiro atoms. The van der Waals surface area contributed by atoms with Gasteiger partial charge in [-0.3, -0.25) is 5.32 Å². The van der Waals surface area contributed by atoms with Crippen molar-refractivity contribution >= 4 is 0 Å². The number of likely N-dealkylation sites (N-methyl/N-ethyl adjacent to an activating group) is 1. The molecule has 0 saturated carbocycles. The second kappa shape index (κ2) is 4.09. The lowest BCUT2D eigenvalue weighted by Crippen LogP contribution is -2.26. The summed E-state index contributed by atoms with van der Waals surface area (Å²) in [6, 6.07) is 6.86. The van der Waals surface area contributed by atoms with Crippen molar-refractivity contribution in [3.05, 3.63) is 29.8 Å². The number of phenols is 1. The van der Waals surface area contributed by atoms with E-state index in [-0.39, 0.29) is 5.75 Å². The molecule has 0 saturated heterocycles. The third kappa shape index (κ3) is 2.53. The Morgan fingerprint density at radius 1 is 1.50 bits per heavy atom. The second-order valence-corrected chi connectivity index (χ2v) is 2.68. The van der Waals surface area contributed by atoms with Gasteiger partial charge in [-0.1, -0.05) is 12.1 Å². The molecular formula is C9H13NO2. The Kier molecular flexibility index (Phi) is 3.08. The molecule has 12 heavy (non-hydrogen) atoms. The highest BCUT2D eigenvalue weighted by Crippen LogP contribution is 2.11. The smallest absolute Gasteiger partial charge is 0.115 e. The van der Waals surface area contributed by atoms with Crippen LogP contribution in [0.3, 0.4) is 0 Å². The zero-order valence-corrected chi connectivity index (χ0v) is 6.99. The van der Waals surface area contributed by atoms with Crippen molar-refractivity contribution in [1.82, 2.24) is 5.32 Å². The van der Waals surface area contributed by atoms with Crippen molar-refractivity contribution in [1.29, 1.82) is 0 Å². The fourth-order valence-electron chi connectivity index (χ4n) is 1.01. The van der Waals surface area contributed by atoms with Gasteiger partial charge in [0.15, 0.2) is 0 Å². The molecule has 66 valence electrons. The minimum Gasteiger partial charge on any atom is -0.508 e. The lowest BCUT2D eigenvalue weighted by Gasteiger charge is -2.08. The van der Waals surface area contributed by atoms with E-state index < -0.39 is 6.23 Å². The number of phenolic OH excluding ortho intramolecular Hbond substituents is 1. The summed E-state index contributed by atoms with van der Waals surface area (Å²) in [7, 11) is 1.69. The fraction of sp³-hybridized carbons (Fsp3) is 0.333. The lowest BCUT2D eigenvalue weighted by molar-refractivity contribution is 0.147. The molecule has 0 unspecified atom stereocenters. The zero-order chi connectivity index (χ0) is 8.97. The van der Waals surface area contributed by atoms with Gasteiger partial charge in [0.25, 0.3) is 0 Å². The molecule has 3 nitrogen and oxygen atoms in total. The Bertz CT molecular complexity index is 250. The van der Waals surface area contributed by atoms with E-state index in [1.165, 1.54) is 0 Å². The third-order valence-electron chi connectivity index (χ3n) is 1.67. The molecule has 0 aliphatic carbocycles. The molecule has 0 aliphatic rings. The first-order chi connectivity index (χ1) is 5.72. The standard InChI is InChI=1S/C9H13NO2/c1-10-9(12)6-7-3-2-4-8(11)5-7/h2-5,9-12H,6H2,1H3/t9-/m1/s1. The molecule has 0 bridgehead atoms. The second-order valence-electron chi connectivity index (χ2n) is 2.68. The van der Waals surface area contributed by atoms with E-state index in [1.807, 2.05) is 6.07 Å². The average molecular weight is 167 g/mol. The number of benzene rings is 1. The molecule has 1 aromatic carbocycles. The first-order valence-corrected chi connectivity index (χ1v) is 3.85. The summed E-state index contributed by atoms with van der Waals surface area (Å²) in [5, 5.41) is 21.0. The molecular weight excluding hydrogens is 154 g/mol. The monoisotopic (exact) mass is 167 g/mol. The molecule has 1 atom stereocenters. The predicted octanol–water partition coefficient (Wildman–Crippen LogP) is 0.472. The summed E-state index contributed by atoms with van der Waals surface area (Å²) in [6.07, 6.45) is -0.0444. The van der Waals surface area contributed by atoms with Crippen LogP contribution in [0, 0.1) is 0 Å². The van der Waals surface area contributed by atoms with Crippen LogP contribution in [0.25, 0.3) is 0 Å². The molecule has 0 aromatic heterocycles. The van der Waals surface area contributed by atoms with Crippen LogP contribution in [0.5, 0.6) is 5.75 Å². The number of aliphatic hydroxyl groups excluding tert-OH is 1. The van der Waals surface area contributed by atoms with Crippen LogP contribution in [0.4, 0.5) is 0 Å². The van der Waals surface area contributed by atoms with Gasteiger partial charge in [0.1, 0.15) is 12.0 Å². The normalized spacial score (nSPS) is 12.8. The summed E-state index contributed by atoms with van der Waals surface area (Å²) in [5.74, 6) is 0.232. The third-order valence-corrected chi connectivity index (χ3v) is 1.67. The van der Waals surface area contributed by atoms with Gasteiger partial charge in [-0.15, -0.1) is 0 Å². The van der Waals surface area contributed by atoms with Crippen LogP contribution in [-0.2, 0) is 6.42 Å². The van der Waals surface area contributed by atoms with Crippen molar-refractivity contribution < 1.29 is 10.2 Å². The van der Waals surface area contributed by atoms with Gasteiger partial charge in [0, 0.05) is 6.42 Å². The predicted molar refractivity (Wildman–Crippen MR) is 46.9 cm³/mol. The SMILES string of the molecule is CN[C@H](O)Cc1cccc(O)c1. The van der Waals surface area contributed by atoms with E-state index in [4.69, 9.17) is 5.11 Å². The van der Waals surface area contributed by atoms with Crippen molar-refractivity contribution in [3.8, 4) is 5.75 Å². The molecule has 3 heteroatoms. The van der Waals surface area contributed by atoms with Crippen molar-refractivity contribution in [2.75, 3.05) is 7.05 Å². The van der Waals surface area contributed by atoms with Crippen LogP contribution in [-0.4, -0.2) is 23.5 Å². The minimum atomic E-state index is -0.549. The quantitative estimate of drug-likeness (QED) is 0.574. The maximum absolute atomic E-state index is 9.21. The number of rotatable bonds is 3. The van der Waals surface area contributed by atoms with E-state index in [9.17, 15) is 5.11 Å². The van der Waals surface area contributed by atoms with Gasteiger partial charge in [0.05, 0.1) is 0 Å². The van der Waals surface area contributed by atoms with Gasteiger partial charge >= 0.3 is 0 Å². The topological polar surface area (TPSA) is 52.5 Å². The van der Waals surface area contributed by atoms with Crippen molar-refractivity contribution in [2.45, 2.75) is 12.6 Å². The Morgan fingerprint density at radius 2 is 2.25 bits per heavy atom. The molecule has 0 radical (unpaired) electrons. The highest BCUT2D eigenvalue weighted by Gasteiger charge is 2.01.